The van der Waals surface area contributed by atoms with Crippen LogP contribution < -0.4 is 5.73 Å². The fourth-order valence-electron chi connectivity index (χ4n) is 3.05. The van der Waals surface area contributed by atoms with Crippen molar-refractivity contribution in [1.82, 2.24) is 0 Å². The first kappa shape index (κ1) is 16.1. The largest absolute Gasteiger partial charge is 0.444 e. The first-order valence-corrected chi connectivity index (χ1v) is 7.34. The molecule has 0 radical (unpaired) electrons. The number of rotatable bonds is 1. The molecule has 1 aromatic carbocycles. The van der Waals surface area contributed by atoms with Crippen LogP contribution in [0.3, 0.4) is 0 Å². The van der Waals surface area contributed by atoms with Gasteiger partial charge in [-0.2, -0.15) is 18.4 Å². The number of nitrogens with zero attached hydrogens (tertiary/aromatic N) is 1. The predicted molar refractivity (Wildman–Crippen MR) is 78.0 cm³/mol. The Labute approximate surface area is 136 Å². The lowest BCUT2D eigenvalue weighted by Gasteiger charge is -2.31. The molecule has 0 spiro atoms. The van der Waals surface area contributed by atoms with E-state index in [1.54, 1.807) is 0 Å². The summed E-state index contributed by atoms with van der Waals surface area (Å²) in [6, 6.07) is 6.34. The number of ether oxygens (including phenoxy) is 1. The van der Waals surface area contributed by atoms with Gasteiger partial charge in [0.15, 0.2) is 5.78 Å². The van der Waals surface area contributed by atoms with Crippen LogP contribution in [0.1, 0.15) is 36.3 Å². The number of nitrogens with two attached hydrogens (primary N) is 1. The van der Waals surface area contributed by atoms with Gasteiger partial charge in [0.05, 0.1) is 11.5 Å². The summed E-state index contributed by atoms with van der Waals surface area (Å²) in [6.45, 7) is 0. The first-order valence-electron chi connectivity index (χ1n) is 7.34. The lowest BCUT2D eigenvalue weighted by atomic mass is 9.77. The van der Waals surface area contributed by atoms with Gasteiger partial charge in [-0.05, 0) is 24.1 Å². The van der Waals surface area contributed by atoms with Crippen LogP contribution in [0, 0.1) is 11.3 Å². The smallest absolute Gasteiger partial charge is 0.416 e. The highest BCUT2D eigenvalue weighted by Gasteiger charge is 2.38. The summed E-state index contributed by atoms with van der Waals surface area (Å²) < 4.78 is 43.6. The van der Waals surface area contributed by atoms with Crippen LogP contribution in [0.5, 0.6) is 0 Å². The van der Waals surface area contributed by atoms with E-state index >= 15 is 0 Å². The number of ketones is 1. The number of nitriles is 1. The SMILES string of the molecule is N#CC1=C(N)OC2=C(C(=O)CCC2)C1c1ccc(C(F)(F)F)cc1. The van der Waals surface area contributed by atoms with Crippen molar-refractivity contribution < 1.29 is 22.7 Å². The van der Waals surface area contributed by atoms with Crippen molar-refractivity contribution in [3.63, 3.8) is 0 Å². The van der Waals surface area contributed by atoms with Gasteiger partial charge in [0, 0.05) is 18.4 Å². The summed E-state index contributed by atoms with van der Waals surface area (Å²) in [5.41, 5.74) is 5.77. The van der Waals surface area contributed by atoms with Gasteiger partial charge in [0.2, 0.25) is 5.88 Å². The molecule has 0 aromatic heterocycles. The van der Waals surface area contributed by atoms with Gasteiger partial charge in [-0.15, -0.1) is 0 Å². The Bertz CT molecular complexity index is 799. The molecule has 1 aromatic rings. The van der Waals surface area contributed by atoms with Crippen molar-refractivity contribution in [2.45, 2.75) is 31.4 Å². The molecule has 124 valence electrons. The van der Waals surface area contributed by atoms with Crippen LogP contribution in [-0.2, 0) is 15.7 Å². The fourth-order valence-corrected chi connectivity index (χ4v) is 3.05. The molecule has 1 unspecified atom stereocenters. The lowest BCUT2D eigenvalue weighted by molar-refractivity contribution is -0.137. The monoisotopic (exact) mass is 334 g/mol. The van der Waals surface area contributed by atoms with E-state index < -0.39 is 17.7 Å². The Hall–Kier alpha value is -2.75. The van der Waals surface area contributed by atoms with Gasteiger partial charge >= 0.3 is 6.18 Å². The number of halogens is 3. The van der Waals surface area contributed by atoms with Crippen molar-refractivity contribution in [2.24, 2.45) is 5.73 Å². The zero-order valence-corrected chi connectivity index (χ0v) is 12.5. The molecule has 0 saturated carbocycles. The molecule has 4 nitrogen and oxygen atoms in total. The molecule has 2 aliphatic rings. The third kappa shape index (κ3) is 2.64. The minimum atomic E-state index is -4.45. The fraction of sp³-hybridized carbons (Fsp3) is 0.294. The van der Waals surface area contributed by atoms with Gasteiger partial charge in [-0.1, -0.05) is 12.1 Å². The molecule has 2 N–H and O–H groups in total. The molecule has 0 saturated heterocycles. The molecule has 1 aliphatic carbocycles. The Kier molecular flexibility index (Phi) is 3.84. The number of benzene rings is 1. The van der Waals surface area contributed by atoms with Crippen molar-refractivity contribution >= 4 is 5.78 Å². The number of allylic oxidation sites excluding steroid dienone is 3. The number of Topliss-reactive ketones (excluding diaryl/α,β-unsaturated/α-hetero) is 1. The Morgan fingerprint density at radius 3 is 2.46 bits per heavy atom. The van der Waals surface area contributed by atoms with Crippen LogP contribution in [0.2, 0.25) is 0 Å². The van der Waals surface area contributed by atoms with E-state index in [0.29, 0.717) is 36.2 Å². The van der Waals surface area contributed by atoms with E-state index in [9.17, 15) is 23.2 Å². The molecule has 7 heteroatoms. The quantitative estimate of drug-likeness (QED) is 0.852. The van der Waals surface area contributed by atoms with Crippen LogP contribution in [-0.4, -0.2) is 5.78 Å². The van der Waals surface area contributed by atoms with Crippen LogP contribution in [0.25, 0.3) is 0 Å². The van der Waals surface area contributed by atoms with Crippen molar-refractivity contribution in [2.75, 3.05) is 0 Å². The van der Waals surface area contributed by atoms with E-state index in [-0.39, 0.29) is 17.2 Å². The summed E-state index contributed by atoms with van der Waals surface area (Å²) in [7, 11) is 0. The van der Waals surface area contributed by atoms with Gasteiger partial charge in [0.1, 0.15) is 17.4 Å². The maximum absolute atomic E-state index is 12.7. The average molecular weight is 334 g/mol. The zero-order chi connectivity index (χ0) is 17.5. The highest BCUT2D eigenvalue weighted by Crippen LogP contribution is 2.43. The molecule has 0 amide bonds. The zero-order valence-electron chi connectivity index (χ0n) is 12.5. The predicted octanol–water partition coefficient (Wildman–Crippen LogP) is 3.52. The van der Waals surface area contributed by atoms with E-state index in [0.717, 1.165) is 12.1 Å². The summed E-state index contributed by atoms with van der Waals surface area (Å²) >= 11 is 0. The summed E-state index contributed by atoms with van der Waals surface area (Å²) in [4.78, 5) is 12.3. The minimum absolute atomic E-state index is 0.0451. The molecule has 24 heavy (non-hydrogen) atoms. The number of hydrogen-bond acceptors (Lipinski definition) is 4. The second-order valence-corrected chi connectivity index (χ2v) is 5.66. The summed E-state index contributed by atoms with van der Waals surface area (Å²) in [5.74, 6) is -0.640. The lowest BCUT2D eigenvalue weighted by Crippen LogP contribution is -2.27. The third-order valence-electron chi connectivity index (χ3n) is 4.18. The van der Waals surface area contributed by atoms with Crippen molar-refractivity contribution in [3.8, 4) is 6.07 Å². The topological polar surface area (TPSA) is 76.1 Å². The maximum Gasteiger partial charge on any atom is 0.416 e. The van der Waals surface area contributed by atoms with Crippen LogP contribution in [0.4, 0.5) is 13.2 Å². The van der Waals surface area contributed by atoms with Crippen molar-refractivity contribution in [3.05, 3.63) is 58.2 Å². The molecular formula is C17H13F3N2O2. The second-order valence-electron chi connectivity index (χ2n) is 5.66. The molecular weight excluding hydrogens is 321 g/mol. The summed E-state index contributed by atoms with van der Waals surface area (Å²) in [6.07, 6.45) is -3.01. The highest BCUT2D eigenvalue weighted by molar-refractivity contribution is 5.99. The van der Waals surface area contributed by atoms with Crippen LogP contribution in [0.15, 0.2) is 47.1 Å². The maximum atomic E-state index is 12.7. The Morgan fingerprint density at radius 2 is 1.88 bits per heavy atom. The number of carbonyl (C=O) groups is 1. The van der Waals surface area contributed by atoms with Gasteiger partial charge in [0.25, 0.3) is 0 Å². The Balaban J connectivity index is 2.11. The number of alkyl halides is 3. The minimum Gasteiger partial charge on any atom is -0.444 e. The first-order chi connectivity index (χ1) is 11.3. The molecule has 0 bridgehead atoms. The standard InChI is InChI=1S/C17H13F3N2O2/c18-17(19,20)10-6-4-9(5-7-10)14-11(8-21)16(22)24-13-3-1-2-12(23)15(13)14/h4-7,14H,1-3,22H2. The highest BCUT2D eigenvalue weighted by atomic mass is 19.4. The molecule has 1 heterocycles. The van der Waals surface area contributed by atoms with E-state index in [2.05, 4.69) is 0 Å². The molecule has 3 rings (SSSR count). The van der Waals surface area contributed by atoms with E-state index in [1.165, 1.54) is 12.1 Å². The van der Waals surface area contributed by atoms with Gasteiger partial charge < -0.3 is 10.5 Å². The Morgan fingerprint density at radius 1 is 1.21 bits per heavy atom. The van der Waals surface area contributed by atoms with E-state index in [4.69, 9.17) is 10.5 Å². The molecule has 1 aliphatic heterocycles. The molecule has 0 fully saturated rings. The van der Waals surface area contributed by atoms with E-state index in [1.807, 2.05) is 6.07 Å². The summed E-state index contributed by atoms with van der Waals surface area (Å²) in [5, 5.41) is 9.37. The third-order valence-corrected chi connectivity index (χ3v) is 4.18. The normalized spacial score (nSPS) is 21.2. The van der Waals surface area contributed by atoms with Crippen molar-refractivity contribution in [1.29, 1.82) is 5.26 Å². The molecule has 1 atom stereocenters. The number of hydrogen-bond donors (Lipinski definition) is 1. The van der Waals surface area contributed by atoms with Gasteiger partial charge in [-0.25, -0.2) is 0 Å². The van der Waals surface area contributed by atoms with Crippen LogP contribution >= 0.6 is 0 Å². The number of carbonyl (C=O) groups excluding carboxylic acids is 1. The second kappa shape index (κ2) is 5.71. The average Bonchev–Trinajstić information content (AvgIpc) is 2.53. The van der Waals surface area contributed by atoms with Gasteiger partial charge in [-0.3, -0.25) is 4.79 Å².